The van der Waals surface area contributed by atoms with Crippen molar-refractivity contribution in [3.8, 4) is 0 Å². The molecule has 0 radical (unpaired) electrons. The molecule has 98 valence electrons. The van der Waals surface area contributed by atoms with Gasteiger partial charge in [0.2, 0.25) is 0 Å². The van der Waals surface area contributed by atoms with Gasteiger partial charge in [0, 0.05) is 11.5 Å². The molecule has 0 aromatic heterocycles. The van der Waals surface area contributed by atoms with Crippen LogP contribution in [0.1, 0.15) is 0 Å². The molecule has 0 saturated carbocycles. The maximum atomic E-state index is 10.7. The average Bonchev–Trinajstić information content (AvgIpc) is 2.26. The zero-order valence-corrected chi connectivity index (χ0v) is 20.5. The van der Waals surface area contributed by atoms with Gasteiger partial charge in [-0.15, -0.1) is 0 Å². The van der Waals surface area contributed by atoms with Gasteiger partial charge in [-0.2, -0.15) is 0 Å². The first-order valence-electron chi connectivity index (χ1n) is 4.47. The molecule has 1 aliphatic rings. The van der Waals surface area contributed by atoms with Gasteiger partial charge < -0.3 is 44.3 Å². The summed E-state index contributed by atoms with van der Waals surface area (Å²) in [5.41, 5.74) is -2.61. The Morgan fingerprint density at radius 2 is 1.18 bits per heavy atom. The van der Waals surface area contributed by atoms with E-state index in [4.69, 9.17) is 0 Å². The maximum absolute atomic E-state index is 10.7. The molecule has 13 heteroatoms. The first kappa shape index (κ1) is 31.4. The van der Waals surface area contributed by atoms with Crippen molar-refractivity contribution in [3.63, 3.8) is 0 Å². The Hall–Kier alpha value is 1.58. The van der Waals surface area contributed by atoms with Crippen LogP contribution >= 0.6 is 0 Å². The van der Waals surface area contributed by atoms with Crippen LogP contribution in [0.25, 0.3) is 0 Å². The molecule has 0 bridgehead atoms. The molecular formula is C9H4Na4O9. The fourth-order valence-corrected chi connectivity index (χ4v) is 1.53. The van der Waals surface area contributed by atoms with Crippen molar-refractivity contribution in [2.24, 2.45) is 5.92 Å². The van der Waals surface area contributed by atoms with Crippen molar-refractivity contribution < 1.29 is 163 Å². The van der Waals surface area contributed by atoms with Crippen LogP contribution in [0.2, 0.25) is 0 Å². The van der Waals surface area contributed by atoms with E-state index >= 15 is 0 Å². The van der Waals surface area contributed by atoms with Crippen molar-refractivity contribution in [2.45, 2.75) is 6.10 Å². The van der Waals surface area contributed by atoms with Crippen molar-refractivity contribution in [3.05, 3.63) is 11.1 Å². The number of carbonyl (C=O) groups is 4. The van der Waals surface area contributed by atoms with E-state index in [1.54, 1.807) is 0 Å². The molecule has 1 rings (SSSR count). The van der Waals surface area contributed by atoms with Crippen molar-refractivity contribution >= 4 is 23.9 Å². The molecule has 2 atom stereocenters. The Labute approximate surface area is 213 Å². The zero-order chi connectivity index (χ0) is 14.0. The molecule has 2 unspecified atom stereocenters. The van der Waals surface area contributed by atoms with Crippen LogP contribution in [0.15, 0.2) is 11.1 Å². The molecule has 0 aliphatic carbocycles. The van der Waals surface area contributed by atoms with Gasteiger partial charge in [0.1, 0.15) is 6.10 Å². The van der Waals surface area contributed by atoms with E-state index in [9.17, 15) is 39.6 Å². The number of rotatable bonds is 4. The number of carboxylic acids is 4. The third kappa shape index (κ3) is 7.64. The first-order chi connectivity index (χ1) is 8.27. The second-order valence-corrected chi connectivity index (χ2v) is 3.31. The minimum Gasteiger partial charge on any atom is -0.549 e. The van der Waals surface area contributed by atoms with E-state index in [0.717, 1.165) is 0 Å². The Morgan fingerprint density at radius 1 is 0.773 bits per heavy atom. The Morgan fingerprint density at radius 3 is 1.45 bits per heavy atom. The summed E-state index contributed by atoms with van der Waals surface area (Å²) in [6.07, 6.45) is -2.24. The Kier molecular flexibility index (Phi) is 19.7. The van der Waals surface area contributed by atoms with Gasteiger partial charge in [0.25, 0.3) is 0 Å². The third-order valence-corrected chi connectivity index (χ3v) is 2.27. The Bertz CT molecular complexity index is 434. The van der Waals surface area contributed by atoms with Crippen molar-refractivity contribution in [2.75, 3.05) is 6.61 Å². The van der Waals surface area contributed by atoms with Crippen molar-refractivity contribution in [1.29, 1.82) is 0 Å². The van der Waals surface area contributed by atoms with Gasteiger partial charge in [0.05, 0.1) is 30.5 Å². The molecule has 9 nitrogen and oxygen atoms in total. The number of ether oxygens (including phenoxy) is 1. The predicted molar refractivity (Wildman–Crippen MR) is 40.3 cm³/mol. The minimum absolute atomic E-state index is 0. The molecule has 0 spiro atoms. The first-order valence-corrected chi connectivity index (χ1v) is 4.47. The molecule has 0 aromatic rings. The summed E-state index contributed by atoms with van der Waals surface area (Å²) in [4.78, 5) is 42.6. The molecule has 22 heavy (non-hydrogen) atoms. The molecule has 1 aliphatic heterocycles. The van der Waals surface area contributed by atoms with E-state index in [-0.39, 0.29) is 118 Å². The third-order valence-electron chi connectivity index (χ3n) is 2.27. The number of carbonyl (C=O) groups excluding carboxylic acids is 4. The van der Waals surface area contributed by atoms with E-state index in [1.807, 2.05) is 0 Å². The van der Waals surface area contributed by atoms with Crippen LogP contribution in [0.4, 0.5) is 0 Å². The van der Waals surface area contributed by atoms with Gasteiger partial charge >= 0.3 is 118 Å². The predicted octanol–water partition coefficient (Wildman–Crippen LogP) is -18.7. The molecular weight excluding hydrogens is 344 g/mol. The van der Waals surface area contributed by atoms with Gasteiger partial charge in [-0.25, -0.2) is 0 Å². The van der Waals surface area contributed by atoms with E-state index in [1.165, 1.54) is 0 Å². The second kappa shape index (κ2) is 13.8. The van der Waals surface area contributed by atoms with Crippen LogP contribution in [-0.4, -0.2) is 36.6 Å². The molecule has 0 N–H and O–H groups in total. The van der Waals surface area contributed by atoms with Crippen LogP contribution < -0.4 is 139 Å². The minimum atomic E-state index is -2.24. The largest absolute Gasteiger partial charge is 1.00 e. The SMILES string of the molecule is O=C([O-])C1=C(C(=O)[O-])C(C(=O)[O-])OCC1C(=O)[O-].[Na+].[Na+].[Na+].[Na+]. The molecule has 0 saturated heterocycles. The second-order valence-electron chi connectivity index (χ2n) is 3.31. The summed E-state index contributed by atoms with van der Waals surface area (Å²) in [6.45, 7) is -0.888. The van der Waals surface area contributed by atoms with E-state index in [2.05, 4.69) is 4.74 Å². The monoisotopic (exact) mass is 348 g/mol. The smallest absolute Gasteiger partial charge is 0.549 e. The van der Waals surface area contributed by atoms with Gasteiger partial charge in [0.15, 0.2) is 0 Å². The maximum Gasteiger partial charge on any atom is 1.00 e. The van der Waals surface area contributed by atoms with E-state index in [0.29, 0.717) is 0 Å². The number of hydrogen-bond acceptors (Lipinski definition) is 9. The van der Waals surface area contributed by atoms with Gasteiger partial charge in [-0.3, -0.25) is 0 Å². The molecule has 0 aromatic carbocycles. The van der Waals surface area contributed by atoms with Crippen LogP contribution in [0, 0.1) is 5.92 Å². The number of carboxylic acid groups (broad SMARTS) is 4. The van der Waals surface area contributed by atoms with Crippen molar-refractivity contribution in [1.82, 2.24) is 0 Å². The van der Waals surface area contributed by atoms with Crippen LogP contribution in [0.3, 0.4) is 0 Å². The molecule has 1 heterocycles. The summed E-state index contributed by atoms with van der Waals surface area (Å²) in [7, 11) is 0. The zero-order valence-electron chi connectivity index (χ0n) is 12.5. The van der Waals surface area contributed by atoms with E-state index < -0.39 is 53.7 Å². The van der Waals surface area contributed by atoms with Crippen LogP contribution in [-0.2, 0) is 23.9 Å². The number of hydrogen-bond donors (Lipinski definition) is 0. The fraction of sp³-hybridized carbons (Fsp3) is 0.333. The summed E-state index contributed by atoms with van der Waals surface area (Å²) in [5.74, 6) is -10.3. The summed E-state index contributed by atoms with van der Waals surface area (Å²) < 4.78 is 4.41. The summed E-state index contributed by atoms with van der Waals surface area (Å²) in [5, 5.41) is 42.6. The Balaban J connectivity index is -0.000000405. The summed E-state index contributed by atoms with van der Waals surface area (Å²) in [6, 6.07) is 0. The molecule has 0 amide bonds. The number of aliphatic carboxylic acids is 4. The molecule has 0 fully saturated rings. The van der Waals surface area contributed by atoms with Gasteiger partial charge in [-0.1, -0.05) is 0 Å². The quantitative estimate of drug-likeness (QED) is 0.447. The van der Waals surface area contributed by atoms with Gasteiger partial charge in [-0.05, 0) is 5.57 Å². The average molecular weight is 348 g/mol. The standard InChI is InChI=1S/C9H8O9.4Na/c10-6(11)2-1-18-5(9(16)17)4(8(14)15)3(2)7(12)13;;;;/h2,5H,1H2,(H,10,11)(H,12,13)(H,14,15)(H,16,17);;;;/q;4*+1/p-4. The fourth-order valence-electron chi connectivity index (χ4n) is 1.53. The normalized spacial score (nSPS) is 19.3. The summed E-state index contributed by atoms with van der Waals surface area (Å²) >= 11 is 0. The topological polar surface area (TPSA) is 170 Å². The van der Waals surface area contributed by atoms with Crippen LogP contribution in [0.5, 0.6) is 0 Å².